The Morgan fingerprint density at radius 2 is 2.05 bits per heavy atom. The fraction of sp³-hybridized carbons (Fsp3) is 0.250. The second kappa shape index (κ2) is 5.77. The van der Waals surface area contributed by atoms with Gasteiger partial charge in [-0.2, -0.15) is 0 Å². The molecule has 3 rings (SSSR count). The molecule has 1 aliphatic rings. The molecule has 0 radical (unpaired) electrons. The fourth-order valence-electron chi connectivity index (χ4n) is 2.52. The minimum absolute atomic E-state index is 0.0336. The number of hydrogen-bond acceptors (Lipinski definition) is 3. The van der Waals surface area contributed by atoms with Gasteiger partial charge < -0.3 is 4.90 Å². The van der Waals surface area contributed by atoms with Crippen molar-refractivity contribution in [3.05, 3.63) is 52.0 Å². The number of aryl methyl sites for hydroxylation is 1. The molecule has 0 atom stereocenters. The highest BCUT2D eigenvalue weighted by Crippen LogP contribution is 2.31. The molecule has 21 heavy (non-hydrogen) atoms. The monoisotopic (exact) mass is 303 g/mol. The third-order valence-corrected chi connectivity index (χ3v) is 4.55. The molecule has 5 heteroatoms. The molecule has 1 aromatic carbocycles. The molecule has 2 aromatic rings. The smallest absolute Gasteiger partial charge is 0.227 e. The molecule has 0 spiro atoms. The topological polar surface area (TPSA) is 37.4 Å². The fourth-order valence-corrected chi connectivity index (χ4v) is 3.44. The standard InChI is InChI=1S/C16H14FNO2S/c17-12-5-2-1-4-11(12)14(19)10-18-13-8-9-21-15(13)6-3-7-16(18)20/h1-2,4-5,8-9H,3,6-7,10H2. The van der Waals surface area contributed by atoms with Gasteiger partial charge >= 0.3 is 0 Å². The van der Waals surface area contributed by atoms with E-state index in [1.807, 2.05) is 11.4 Å². The number of nitrogens with zero attached hydrogens (tertiary/aromatic N) is 1. The van der Waals surface area contributed by atoms with Crippen molar-refractivity contribution < 1.29 is 14.0 Å². The number of rotatable bonds is 3. The third-order valence-electron chi connectivity index (χ3n) is 3.58. The van der Waals surface area contributed by atoms with Crippen LogP contribution in [0.1, 0.15) is 28.1 Å². The quantitative estimate of drug-likeness (QED) is 0.815. The van der Waals surface area contributed by atoms with Gasteiger partial charge in [0.2, 0.25) is 5.91 Å². The lowest BCUT2D eigenvalue weighted by atomic mass is 10.1. The Bertz CT molecular complexity index is 695. The van der Waals surface area contributed by atoms with E-state index < -0.39 is 5.82 Å². The number of thiophene rings is 1. The van der Waals surface area contributed by atoms with Gasteiger partial charge in [0.05, 0.1) is 17.8 Å². The first-order valence-corrected chi connectivity index (χ1v) is 7.69. The second-order valence-corrected chi connectivity index (χ2v) is 5.97. The Hall–Kier alpha value is -2.01. The van der Waals surface area contributed by atoms with Crippen LogP contribution in [0.4, 0.5) is 10.1 Å². The van der Waals surface area contributed by atoms with Crippen molar-refractivity contribution >= 4 is 28.7 Å². The van der Waals surface area contributed by atoms with E-state index in [-0.39, 0.29) is 23.8 Å². The van der Waals surface area contributed by atoms with Crippen LogP contribution in [0, 0.1) is 5.82 Å². The van der Waals surface area contributed by atoms with Crippen LogP contribution in [-0.2, 0) is 11.2 Å². The Kier molecular flexibility index (Phi) is 3.84. The zero-order valence-corrected chi connectivity index (χ0v) is 12.2. The number of anilines is 1. The van der Waals surface area contributed by atoms with Crippen LogP contribution in [0.5, 0.6) is 0 Å². The minimum atomic E-state index is -0.546. The molecule has 3 nitrogen and oxygen atoms in total. The minimum Gasteiger partial charge on any atom is -0.303 e. The zero-order chi connectivity index (χ0) is 14.8. The molecular weight excluding hydrogens is 289 g/mol. The molecule has 0 saturated carbocycles. The van der Waals surface area contributed by atoms with Crippen molar-refractivity contribution in [2.75, 3.05) is 11.4 Å². The highest BCUT2D eigenvalue weighted by atomic mass is 32.1. The van der Waals surface area contributed by atoms with Crippen LogP contribution in [0.3, 0.4) is 0 Å². The van der Waals surface area contributed by atoms with Crippen molar-refractivity contribution in [3.63, 3.8) is 0 Å². The highest BCUT2D eigenvalue weighted by Gasteiger charge is 2.26. The predicted octanol–water partition coefficient (Wildman–Crippen LogP) is 3.44. The molecule has 0 fully saturated rings. The summed E-state index contributed by atoms with van der Waals surface area (Å²) < 4.78 is 13.7. The lowest BCUT2D eigenvalue weighted by Crippen LogP contribution is -2.35. The Balaban J connectivity index is 1.89. The molecule has 0 N–H and O–H groups in total. The number of Topliss-reactive ketones (excluding diaryl/α,β-unsaturated/α-hetero) is 1. The Labute approximate surface area is 126 Å². The first-order valence-electron chi connectivity index (χ1n) is 6.81. The SMILES string of the molecule is O=C(CN1C(=O)CCCc2sccc21)c1ccccc1F. The molecule has 0 unspecified atom stereocenters. The van der Waals surface area contributed by atoms with Gasteiger partial charge in [-0.15, -0.1) is 11.3 Å². The summed E-state index contributed by atoms with van der Waals surface area (Å²) in [5.41, 5.74) is 0.832. The van der Waals surface area contributed by atoms with Gasteiger partial charge in [-0.1, -0.05) is 12.1 Å². The van der Waals surface area contributed by atoms with Crippen molar-refractivity contribution in [2.24, 2.45) is 0 Å². The average Bonchev–Trinajstić information content (AvgIpc) is 2.87. The van der Waals surface area contributed by atoms with Crippen molar-refractivity contribution in [1.29, 1.82) is 0 Å². The van der Waals surface area contributed by atoms with Gasteiger partial charge in [0.15, 0.2) is 5.78 Å². The van der Waals surface area contributed by atoms with Crippen molar-refractivity contribution in [2.45, 2.75) is 19.3 Å². The summed E-state index contributed by atoms with van der Waals surface area (Å²) in [6, 6.07) is 7.73. The van der Waals surface area contributed by atoms with Crippen molar-refractivity contribution in [3.8, 4) is 0 Å². The van der Waals surface area contributed by atoms with Gasteiger partial charge in [0, 0.05) is 11.3 Å². The summed E-state index contributed by atoms with van der Waals surface area (Å²) in [5, 5.41) is 1.92. The van der Waals surface area contributed by atoms with Gasteiger partial charge in [-0.3, -0.25) is 9.59 Å². The number of amides is 1. The van der Waals surface area contributed by atoms with E-state index in [1.165, 1.54) is 17.0 Å². The second-order valence-electron chi connectivity index (χ2n) is 4.97. The maximum absolute atomic E-state index is 13.7. The van der Waals surface area contributed by atoms with E-state index in [2.05, 4.69) is 0 Å². The molecule has 2 heterocycles. The molecule has 1 amide bonds. The van der Waals surface area contributed by atoms with Gasteiger partial charge in [-0.05, 0) is 36.4 Å². The third kappa shape index (κ3) is 2.74. The summed E-state index contributed by atoms with van der Waals surface area (Å²) >= 11 is 1.59. The summed E-state index contributed by atoms with van der Waals surface area (Å²) in [6.07, 6.45) is 2.06. The van der Waals surface area contributed by atoms with Gasteiger partial charge in [0.25, 0.3) is 0 Å². The molecular formula is C16H14FNO2S. The van der Waals surface area contributed by atoms with E-state index in [4.69, 9.17) is 0 Å². The Morgan fingerprint density at radius 1 is 1.24 bits per heavy atom. The molecule has 0 aliphatic carbocycles. The average molecular weight is 303 g/mol. The largest absolute Gasteiger partial charge is 0.303 e. The van der Waals surface area contributed by atoms with E-state index in [9.17, 15) is 14.0 Å². The van der Waals surface area contributed by atoms with Crippen LogP contribution in [0.25, 0.3) is 0 Å². The number of ketones is 1. The van der Waals surface area contributed by atoms with E-state index in [0.717, 1.165) is 23.4 Å². The summed E-state index contributed by atoms with van der Waals surface area (Å²) in [5.74, 6) is -0.993. The zero-order valence-electron chi connectivity index (χ0n) is 11.3. The summed E-state index contributed by atoms with van der Waals surface area (Å²) in [6.45, 7) is -0.108. The highest BCUT2D eigenvalue weighted by molar-refractivity contribution is 7.10. The number of fused-ring (bicyclic) bond motifs is 1. The Morgan fingerprint density at radius 3 is 2.86 bits per heavy atom. The first kappa shape index (κ1) is 13.9. The number of benzene rings is 1. The number of halogens is 1. The molecule has 1 aromatic heterocycles. The van der Waals surface area contributed by atoms with Crippen LogP contribution < -0.4 is 4.90 Å². The molecule has 0 saturated heterocycles. The van der Waals surface area contributed by atoms with Crippen LogP contribution in [0.15, 0.2) is 35.7 Å². The molecule has 1 aliphatic heterocycles. The van der Waals surface area contributed by atoms with Gasteiger partial charge in [-0.25, -0.2) is 4.39 Å². The lowest BCUT2D eigenvalue weighted by molar-refractivity contribution is -0.118. The maximum atomic E-state index is 13.7. The molecule has 0 bridgehead atoms. The van der Waals surface area contributed by atoms with E-state index in [1.54, 1.807) is 23.5 Å². The number of hydrogen-bond donors (Lipinski definition) is 0. The van der Waals surface area contributed by atoms with E-state index >= 15 is 0 Å². The maximum Gasteiger partial charge on any atom is 0.227 e. The van der Waals surface area contributed by atoms with Crippen molar-refractivity contribution in [1.82, 2.24) is 0 Å². The number of carbonyl (C=O) groups excluding carboxylic acids is 2. The summed E-state index contributed by atoms with van der Waals surface area (Å²) in [7, 11) is 0. The first-order chi connectivity index (χ1) is 10.2. The van der Waals surface area contributed by atoms with Gasteiger partial charge in [0.1, 0.15) is 5.82 Å². The van der Waals surface area contributed by atoms with Crippen LogP contribution in [0.2, 0.25) is 0 Å². The van der Waals surface area contributed by atoms with Crippen LogP contribution in [-0.4, -0.2) is 18.2 Å². The summed E-state index contributed by atoms with van der Waals surface area (Å²) in [4.78, 5) is 27.1. The number of carbonyl (C=O) groups is 2. The molecule has 108 valence electrons. The van der Waals surface area contributed by atoms with Crippen LogP contribution >= 0.6 is 11.3 Å². The normalized spacial score (nSPS) is 14.7. The lowest BCUT2D eigenvalue weighted by Gasteiger charge is -2.20. The van der Waals surface area contributed by atoms with E-state index in [0.29, 0.717) is 6.42 Å². The predicted molar refractivity (Wildman–Crippen MR) is 80.3 cm³/mol.